The summed E-state index contributed by atoms with van der Waals surface area (Å²) in [6, 6.07) is 14.5. The largest absolute Gasteiger partial charge is 0.496 e. The number of nitrogens with zero attached hydrogens (tertiary/aromatic N) is 3. The number of benzene rings is 2. The van der Waals surface area contributed by atoms with E-state index in [0.29, 0.717) is 18.4 Å². The van der Waals surface area contributed by atoms with Crippen LogP contribution in [-0.2, 0) is 0 Å². The summed E-state index contributed by atoms with van der Waals surface area (Å²) in [5, 5.41) is 4.32. The van der Waals surface area contributed by atoms with E-state index in [4.69, 9.17) is 19.4 Å². The van der Waals surface area contributed by atoms with E-state index in [1.54, 1.807) is 7.11 Å². The van der Waals surface area contributed by atoms with Crippen LogP contribution in [0.4, 0.5) is 5.95 Å². The van der Waals surface area contributed by atoms with E-state index in [0.717, 1.165) is 65.0 Å². The number of methoxy groups -OCH3 is 1. The number of hydrogen-bond donors (Lipinski definition) is 2. The van der Waals surface area contributed by atoms with Gasteiger partial charge in [0.05, 0.1) is 24.6 Å². The van der Waals surface area contributed by atoms with Gasteiger partial charge in [0.15, 0.2) is 0 Å². The summed E-state index contributed by atoms with van der Waals surface area (Å²) in [6.45, 7) is 6.08. The molecule has 0 spiro atoms. The van der Waals surface area contributed by atoms with Crippen molar-refractivity contribution in [1.82, 2.24) is 20.3 Å². The van der Waals surface area contributed by atoms with Crippen molar-refractivity contribution in [2.45, 2.75) is 6.92 Å². The monoisotopic (exact) mass is 403 g/mol. The summed E-state index contributed by atoms with van der Waals surface area (Å²) in [7, 11) is 1.70. The maximum atomic E-state index is 5.90. The number of hydrogen-bond acceptors (Lipinski definition) is 6. The van der Waals surface area contributed by atoms with Gasteiger partial charge in [-0.3, -0.25) is 0 Å². The molecular weight excluding hydrogens is 378 g/mol. The van der Waals surface area contributed by atoms with Crippen LogP contribution in [0.25, 0.3) is 33.1 Å². The zero-order valence-corrected chi connectivity index (χ0v) is 17.2. The van der Waals surface area contributed by atoms with E-state index in [2.05, 4.69) is 39.5 Å². The Morgan fingerprint density at radius 2 is 1.83 bits per heavy atom. The van der Waals surface area contributed by atoms with Gasteiger partial charge in [-0.25, -0.2) is 4.98 Å². The van der Waals surface area contributed by atoms with Crippen LogP contribution in [0.15, 0.2) is 42.5 Å². The highest BCUT2D eigenvalue weighted by atomic mass is 16.5. The SMILES string of the molecule is CCOc1nc(N2CCNCC2)nc2c1[nH]c1cc(-c3ccccc3)cc(OC)c12. The predicted molar refractivity (Wildman–Crippen MR) is 120 cm³/mol. The molecule has 0 atom stereocenters. The highest BCUT2D eigenvalue weighted by molar-refractivity contribution is 6.11. The maximum Gasteiger partial charge on any atom is 0.243 e. The average Bonchev–Trinajstić information content (AvgIpc) is 3.19. The molecule has 30 heavy (non-hydrogen) atoms. The zero-order valence-electron chi connectivity index (χ0n) is 17.2. The molecule has 7 heteroatoms. The molecule has 1 fully saturated rings. The van der Waals surface area contributed by atoms with E-state index in [1.807, 2.05) is 25.1 Å². The molecule has 2 aromatic carbocycles. The Balaban J connectivity index is 1.74. The molecule has 0 radical (unpaired) electrons. The number of nitrogens with one attached hydrogen (secondary N) is 2. The number of aromatic nitrogens is 3. The molecular formula is C23H25N5O2. The Kier molecular flexibility index (Phi) is 4.88. The highest BCUT2D eigenvalue weighted by Gasteiger charge is 2.21. The van der Waals surface area contributed by atoms with E-state index >= 15 is 0 Å². The molecule has 0 unspecified atom stereocenters. The predicted octanol–water partition coefficient (Wildman–Crippen LogP) is 3.60. The van der Waals surface area contributed by atoms with Crippen LogP contribution in [0.3, 0.4) is 0 Å². The molecule has 1 aliphatic heterocycles. The van der Waals surface area contributed by atoms with Crippen molar-refractivity contribution in [3.05, 3.63) is 42.5 Å². The summed E-state index contributed by atoms with van der Waals surface area (Å²) < 4.78 is 11.7. The van der Waals surface area contributed by atoms with Gasteiger partial charge in [0.2, 0.25) is 11.8 Å². The lowest BCUT2D eigenvalue weighted by Crippen LogP contribution is -2.44. The molecule has 5 rings (SSSR count). The van der Waals surface area contributed by atoms with E-state index in [9.17, 15) is 0 Å². The Morgan fingerprint density at radius 1 is 1.03 bits per heavy atom. The second-order valence-electron chi connectivity index (χ2n) is 7.31. The third-order valence-electron chi connectivity index (χ3n) is 5.47. The number of fused-ring (bicyclic) bond motifs is 3. The molecule has 1 aliphatic rings. The minimum Gasteiger partial charge on any atom is -0.496 e. The van der Waals surface area contributed by atoms with Crippen molar-refractivity contribution in [3.8, 4) is 22.8 Å². The van der Waals surface area contributed by atoms with Crippen molar-refractivity contribution in [1.29, 1.82) is 0 Å². The molecule has 4 aromatic rings. The van der Waals surface area contributed by atoms with Gasteiger partial charge in [-0.1, -0.05) is 30.3 Å². The Morgan fingerprint density at radius 3 is 2.57 bits per heavy atom. The summed E-state index contributed by atoms with van der Waals surface area (Å²) >= 11 is 0. The Hall–Kier alpha value is -3.32. The zero-order chi connectivity index (χ0) is 20.5. The van der Waals surface area contributed by atoms with Crippen LogP contribution < -0.4 is 19.7 Å². The van der Waals surface area contributed by atoms with Crippen molar-refractivity contribution in [3.63, 3.8) is 0 Å². The molecule has 0 amide bonds. The topological polar surface area (TPSA) is 75.3 Å². The lowest BCUT2D eigenvalue weighted by molar-refractivity contribution is 0.330. The molecule has 0 aliphatic carbocycles. The fourth-order valence-electron chi connectivity index (χ4n) is 4.02. The minimum absolute atomic E-state index is 0.537. The van der Waals surface area contributed by atoms with Crippen molar-refractivity contribution in [2.75, 3.05) is 44.8 Å². The molecule has 2 aromatic heterocycles. The molecule has 7 nitrogen and oxygen atoms in total. The van der Waals surface area contributed by atoms with Crippen LogP contribution >= 0.6 is 0 Å². The van der Waals surface area contributed by atoms with Gasteiger partial charge in [-0.2, -0.15) is 4.98 Å². The van der Waals surface area contributed by atoms with Crippen LogP contribution in [0.5, 0.6) is 11.6 Å². The minimum atomic E-state index is 0.537. The third kappa shape index (κ3) is 3.21. The quantitative estimate of drug-likeness (QED) is 0.530. The molecule has 0 saturated carbocycles. The van der Waals surface area contributed by atoms with Gasteiger partial charge in [0, 0.05) is 26.2 Å². The van der Waals surface area contributed by atoms with Gasteiger partial charge in [-0.05, 0) is 30.2 Å². The van der Waals surface area contributed by atoms with Crippen LogP contribution in [-0.4, -0.2) is 54.8 Å². The number of ether oxygens (including phenoxy) is 2. The smallest absolute Gasteiger partial charge is 0.243 e. The van der Waals surface area contributed by atoms with E-state index in [-0.39, 0.29) is 0 Å². The molecule has 2 N–H and O–H groups in total. The molecule has 0 bridgehead atoms. The fraction of sp³-hybridized carbons (Fsp3) is 0.304. The summed E-state index contributed by atoms with van der Waals surface area (Å²) in [5.41, 5.74) is 4.80. The first-order valence-electron chi connectivity index (χ1n) is 10.3. The number of piperazine rings is 1. The Labute approximate surface area is 175 Å². The van der Waals surface area contributed by atoms with Gasteiger partial charge >= 0.3 is 0 Å². The summed E-state index contributed by atoms with van der Waals surface area (Å²) in [5.74, 6) is 2.06. The average molecular weight is 403 g/mol. The summed E-state index contributed by atoms with van der Waals surface area (Å²) in [6.07, 6.45) is 0. The first-order valence-corrected chi connectivity index (χ1v) is 10.3. The standard InChI is InChI=1S/C23H25N5O2/c1-3-30-22-21-20(26-23(27-22)28-11-9-24-10-12-28)19-17(25-21)13-16(14-18(19)29-2)15-7-5-4-6-8-15/h4-8,13-14,24-25H,3,9-12H2,1-2H3. The lowest BCUT2D eigenvalue weighted by Gasteiger charge is -2.27. The number of anilines is 1. The summed E-state index contributed by atoms with van der Waals surface area (Å²) in [4.78, 5) is 15.4. The third-order valence-corrected chi connectivity index (χ3v) is 5.47. The second kappa shape index (κ2) is 7.84. The van der Waals surface area contributed by atoms with Crippen molar-refractivity contribution < 1.29 is 9.47 Å². The van der Waals surface area contributed by atoms with Gasteiger partial charge in [0.25, 0.3) is 0 Å². The number of H-pyrrole nitrogens is 1. The fourth-order valence-corrected chi connectivity index (χ4v) is 4.02. The van der Waals surface area contributed by atoms with E-state index in [1.165, 1.54) is 0 Å². The van der Waals surface area contributed by atoms with Crippen molar-refractivity contribution in [2.24, 2.45) is 0 Å². The van der Waals surface area contributed by atoms with Gasteiger partial charge < -0.3 is 24.7 Å². The van der Waals surface area contributed by atoms with Gasteiger partial charge in [-0.15, -0.1) is 0 Å². The van der Waals surface area contributed by atoms with Crippen LogP contribution in [0.1, 0.15) is 6.92 Å². The van der Waals surface area contributed by atoms with Crippen LogP contribution in [0.2, 0.25) is 0 Å². The molecule has 1 saturated heterocycles. The normalized spacial score (nSPS) is 14.4. The molecule has 154 valence electrons. The van der Waals surface area contributed by atoms with Gasteiger partial charge in [0.1, 0.15) is 16.8 Å². The Bertz CT molecular complexity index is 1180. The highest BCUT2D eigenvalue weighted by Crippen LogP contribution is 2.39. The number of aromatic amines is 1. The first kappa shape index (κ1) is 18.7. The lowest BCUT2D eigenvalue weighted by atomic mass is 10.0. The van der Waals surface area contributed by atoms with Crippen LogP contribution in [0, 0.1) is 0 Å². The van der Waals surface area contributed by atoms with Crippen molar-refractivity contribution >= 4 is 27.9 Å². The first-order chi connectivity index (χ1) is 14.8. The maximum absolute atomic E-state index is 5.90. The van der Waals surface area contributed by atoms with E-state index < -0.39 is 0 Å². The number of rotatable bonds is 5. The molecule has 3 heterocycles. The second-order valence-corrected chi connectivity index (χ2v) is 7.31.